The number of hydrogen-bond acceptors (Lipinski definition) is 3. The molecule has 0 radical (unpaired) electrons. The highest BCUT2D eigenvalue weighted by Crippen LogP contribution is 2.70. The number of alkyl halides is 3. The fraction of sp³-hybridized carbons (Fsp3) is 0.143. The molecule has 0 fully saturated rings. The normalized spacial score (nSPS) is 12.9. The van der Waals surface area contributed by atoms with Crippen molar-refractivity contribution < 1.29 is 25.2 Å². The molecule has 4 rings (SSSR count). The van der Waals surface area contributed by atoms with E-state index in [-0.39, 0.29) is 0 Å². The van der Waals surface area contributed by atoms with Crippen molar-refractivity contribution in [1.82, 2.24) is 0 Å². The molecular formula is C28H25F3O3S2. The van der Waals surface area contributed by atoms with Crippen LogP contribution in [0.5, 0.6) is 0 Å². The van der Waals surface area contributed by atoms with Crippen molar-refractivity contribution in [2.24, 2.45) is 0 Å². The Balaban J connectivity index is 1.96. The Morgan fingerprint density at radius 3 is 1.67 bits per heavy atom. The van der Waals surface area contributed by atoms with Crippen LogP contribution in [0.25, 0.3) is 0 Å². The predicted molar refractivity (Wildman–Crippen MR) is 135 cm³/mol. The number of aryl methyl sites for hydroxylation is 1. The molecule has 0 heterocycles. The average Bonchev–Trinajstić information content (AvgIpc) is 2.89. The predicted octanol–water partition coefficient (Wildman–Crippen LogP) is 8.26. The molecule has 0 spiro atoms. The molecule has 4 aromatic carbocycles. The van der Waals surface area contributed by atoms with Crippen LogP contribution >= 0.6 is 10.3 Å². The summed E-state index contributed by atoms with van der Waals surface area (Å²) in [6.07, 6.45) is -2.87. The Bertz CT molecular complexity index is 1360. The van der Waals surface area contributed by atoms with E-state index in [1.165, 1.54) is 0 Å². The van der Waals surface area contributed by atoms with Crippen LogP contribution in [0.15, 0.2) is 129 Å². The molecule has 188 valence electrons. The lowest BCUT2D eigenvalue weighted by atomic mass is 10.1. The molecule has 0 saturated heterocycles. The summed E-state index contributed by atoms with van der Waals surface area (Å²) in [6.45, 7) is 2.07. The lowest BCUT2D eigenvalue weighted by Crippen LogP contribution is -2.15. The van der Waals surface area contributed by atoms with Gasteiger partial charge in [-0.3, -0.25) is 0 Å². The van der Waals surface area contributed by atoms with Crippen molar-refractivity contribution in [3.63, 3.8) is 0 Å². The molecule has 3 nitrogen and oxygen atoms in total. The zero-order valence-corrected chi connectivity index (χ0v) is 21.1. The summed E-state index contributed by atoms with van der Waals surface area (Å²) in [5, 5.41) is 0. The van der Waals surface area contributed by atoms with E-state index < -0.39 is 37.1 Å². The lowest BCUT2D eigenvalue weighted by Gasteiger charge is -2.39. The largest absolute Gasteiger partial charge is 0.416 e. The van der Waals surface area contributed by atoms with Crippen LogP contribution < -0.4 is 0 Å². The summed E-state index contributed by atoms with van der Waals surface area (Å²) in [7, 11) is -7.52. The fourth-order valence-corrected chi connectivity index (χ4v) is 9.15. The molecule has 0 aliphatic carbocycles. The van der Waals surface area contributed by atoms with Crippen LogP contribution in [0.2, 0.25) is 0 Å². The van der Waals surface area contributed by atoms with Gasteiger partial charge in [0.15, 0.2) is 0 Å². The first-order chi connectivity index (χ1) is 17.2. The summed E-state index contributed by atoms with van der Waals surface area (Å²) in [5.41, 5.74) is 0.0347. The van der Waals surface area contributed by atoms with Gasteiger partial charge in [-0.1, -0.05) is 67.9 Å². The maximum absolute atomic E-state index is 13.6. The minimum atomic E-state index is -4.69. The first kappa shape index (κ1) is 26.0. The summed E-state index contributed by atoms with van der Waals surface area (Å²) in [4.78, 5) is 1.28. The van der Waals surface area contributed by atoms with Crippen LogP contribution in [0.4, 0.5) is 13.2 Å². The molecule has 0 aromatic heterocycles. The molecule has 0 bridgehead atoms. The first-order valence-corrected chi connectivity index (χ1v) is 14.3. The van der Waals surface area contributed by atoms with Gasteiger partial charge in [0, 0.05) is 14.7 Å². The second-order valence-electron chi connectivity index (χ2n) is 8.12. The number of benzene rings is 4. The van der Waals surface area contributed by atoms with Crippen molar-refractivity contribution in [1.29, 1.82) is 0 Å². The molecule has 0 saturated carbocycles. The van der Waals surface area contributed by atoms with Crippen LogP contribution in [0.3, 0.4) is 0 Å². The fourth-order valence-electron chi connectivity index (χ4n) is 3.89. The van der Waals surface area contributed by atoms with Gasteiger partial charge in [-0.05, 0) is 76.9 Å². The van der Waals surface area contributed by atoms with Gasteiger partial charge in [-0.2, -0.15) is 21.6 Å². The van der Waals surface area contributed by atoms with Gasteiger partial charge in [0.1, 0.15) is 0 Å². The maximum atomic E-state index is 13.6. The van der Waals surface area contributed by atoms with Crippen molar-refractivity contribution in [2.45, 2.75) is 45.5 Å². The molecule has 0 unspecified atom stereocenters. The van der Waals surface area contributed by atoms with Gasteiger partial charge in [-0.25, -0.2) is 3.63 Å². The van der Waals surface area contributed by atoms with Crippen LogP contribution in [0.1, 0.15) is 24.5 Å². The molecule has 0 amide bonds. The lowest BCUT2D eigenvalue weighted by molar-refractivity contribution is -0.137. The Labute approximate surface area is 211 Å². The third-order valence-corrected chi connectivity index (χ3v) is 10.8. The smallest absolute Gasteiger partial charge is 0.203 e. The molecule has 36 heavy (non-hydrogen) atoms. The summed E-state index contributed by atoms with van der Waals surface area (Å²) in [6, 6.07) is 29.1. The first-order valence-electron chi connectivity index (χ1n) is 11.3. The van der Waals surface area contributed by atoms with Crippen molar-refractivity contribution in [2.75, 3.05) is 0 Å². The topological polar surface area (TPSA) is 43.4 Å². The molecular weight excluding hydrogens is 505 g/mol. The van der Waals surface area contributed by atoms with Gasteiger partial charge in [0.05, 0.1) is 10.5 Å². The SMILES string of the molecule is CCCc1ccc(S(OS(=O)(=O)c2cccc(C(F)(F)F)c2)(c2ccccc2)c2ccccc2)cc1. The van der Waals surface area contributed by atoms with Gasteiger partial charge in [-0.15, -0.1) is 0 Å². The Hall–Kier alpha value is -3.07. The highest BCUT2D eigenvalue weighted by atomic mass is 32.3. The zero-order valence-electron chi connectivity index (χ0n) is 19.5. The van der Waals surface area contributed by atoms with E-state index >= 15 is 0 Å². The molecule has 0 N–H and O–H groups in total. The summed E-state index contributed by atoms with van der Waals surface area (Å²) in [5.74, 6) is 0. The molecule has 0 aliphatic heterocycles. The van der Waals surface area contributed by atoms with E-state index in [0.717, 1.165) is 36.6 Å². The molecule has 4 aromatic rings. The summed E-state index contributed by atoms with van der Waals surface area (Å²) >= 11 is 0. The minimum Gasteiger partial charge on any atom is -0.203 e. The number of halogens is 3. The van der Waals surface area contributed by atoms with Crippen molar-refractivity contribution in [3.8, 4) is 0 Å². The third kappa shape index (κ3) is 5.36. The highest BCUT2D eigenvalue weighted by molar-refractivity contribution is 8.33. The standard InChI is InChI=1S/C28H25F3O3S2/c1-2-10-22-17-19-26(20-18-22)35(24-12-5-3-6-13-24,25-14-7-4-8-15-25)34-36(32,33)27-16-9-11-23(21-27)28(29,30)31/h3-9,11-21H,2,10H2,1H3. The van der Waals surface area contributed by atoms with E-state index in [4.69, 9.17) is 3.63 Å². The highest BCUT2D eigenvalue weighted by Gasteiger charge is 2.39. The maximum Gasteiger partial charge on any atom is 0.416 e. The van der Waals surface area contributed by atoms with Gasteiger partial charge >= 0.3 is 16.3 Å². The van der Waals surface area contributed by atoms with E-state index in [9.17, 15) is 21.6 Å². The summed E-state index contributed by atoms with van der Waals surface area (Å²) < 4.78 is 73.5. The molecule has 0 aliphatic rings. The monoisotopic (exact) mass is 530 g/mol. The van der Waals surface area contributed by atoms with Gasteiger partial charge in [0.2, 0.25) is 0 Å². The van der Waals surface area contributed by atoms with Crippen LogP contribution in [-0.4, -0.2) is 8.42 Å². The van der Waals surface area contributed by atoms with Crippen molar-refractivity contribution in [3.05, 3.63) is 120 Å². The quantitative estimate of drug-likeness (QED) is 0.230. The Kier molecular flexibility index (Phi) is 7.59. The number of hydrogen-bond donors (Lipinski definition) is 0. The molecule has 8 heteroatoms. The van der Waals surface area contributed by atoms with E-state index in [1.54, 1.807) is 48.5 Å². The van der Waals surface area contributed by atoms with E-state index in [1.807, 2.05) is 36.4 Å². The second-order valence-corrected chi connectivity index (χ2v) is 12.6. The van der Waals surface area contributed by atoms with Crippen molar-refractivity contribution >= 4 is 20.4 Å². The van der Waals surface area contributed by atoms with E-state index in [2.05, 4.69) is 6.92 Å². The van der Waals surface area contributed by atoms with Crippen LogP contribution in [0, 0.1) is 0 Å². The molecule has 0 atom stereocenters. The second kappa shape index (κ2) is 10.5. The Morgan fingerprint density at radius 2 is 1.17 bits per heavy atom. The van der Waals surface area contributed by atoms with Gasteiger partial charge in [0.25, 0.3) is 0 Å². The number of rotatable bonds is 8. The zero-order chi connectivity index (χ0) is 25.8. The van der Waals surface area contributed by atoms with E-state index in [0.29, 0.717) is 20.8 Å². The van der Waals surface area contributed by atoms with Gasteiger partial charge < -0.3 is 0 Å². The Morgan fingerprint density at radius 1 is 0.667 bits per heavy atom. The third-order valence-electron chi connectivity index (χ3n) is 5.59. The van der Waals surface area contributed by atoms with Crippen LogP contribution in [-0.2, 0) is 26.3 Å². The average molecular weight is 531 g/mol. The minimum absolute atomic E-state index is 0.552.